The largest absolute Gasteiger partial charge is 0.354 e. The minimum absolute atomic E-state index is 0.776. The number of hydrogen-bond acceptors (Lipinski definition) is 2. The lowest BCUT2D eigenvalue weighted by Crippen LogP contribution is -2.03. The smallest absolute Gasteiger partial charge is 0.0727 e. The van der Waals surface area contributed by atoms with Crippen LogP contribution in [0.25, 0.3) is 22.0 Å². The summed E-state index contributed by atoms with van der Waals surface area (Å²) in [5.41, 5.74) is 9.07. The molecule has 31 heavy (non-hydrogen) atoms. The highest BCUT2D eigenvalue weighted by Crippen LogP contribution is 2.39. The maximum atomic E-state index is 5.15. The van der Waals surface area contributed by atoms with Crippen LogP contribution in [-0.4, -0.2) is 4.98 Å². The van der Waals surface area contributed by atoms with E-state index in [2.05, 4.69) is 115 Å². The van der Waals surface area contributed by atoms with E-state index in [0.717, 1.165) is 40.0 Å². The fourth-order valence-electron chi connectivity index (χ4n) is 4.06. The highest BCUT2D eigenvalue weighted by molar-refractivity contribution is 6.02. The molecule has 0 saturated carbocycles. The number of nitrogens with zero attached hydrogens (tertiary/aromatic N) is 1. The highest BCUT2D eigenvalue weighted by atomic mass is 14.9. The van der Waals surface area contributed by atoms with Gasteiger partial charge >= 0.3 is 0 Å². The maximum Gasteiger partial charge on any atom is 0.0727 e. The zero-order valence-electron chi connectivity index (χ0n) is 17.5. The number of aromatic nitrogens is 1. The van der Waals surface area contributed by atoms with E-state index in [0.29, 0.717) is 0 Å². The van der Waals surface area contributed by atoms with Crippen LogP contribution in [0.3, 0.4) is 0 Å². The third-order valence-corrected chi connectivity index (χ3v) is 5.54. The zero-order valence-corrected chi connectivity index (χ0v) is 17.5. The third-order valence-electron chi connectivity index (χ3n) is 5.54. The Morgan fingerprint density at radius 2 is 1.35 bits per heavy atom. The van der Waals surface area contributed by atoms with Crippen LogP contribution in [-0.2, 0) is 6.42 Å². The maximum absolute atomic E-state index is 5.15. The van der Waals surface area contributed by atoms with Crippen molar-refractivity contribution in [3.63, 3.8) is 0 Å². The van der Waals surface area contributed by atoms with Crippen LogP contribution >= 0.6 is 0 Å². The lowest BCUT2D eigenvalue weighted by atomic mass is 9.94. The van der Waals surface area contributed by atoms with Crippen molar-refractivity contribution >= 4 is 22.3 Å². The summed E-state index contributed by atoms with van der Waals surface area (Å²) in [6.07, 6.45) is 0.776. The van der Waals surface area contributed by atoms with Crippen LogP contribution in [0, 0.1) is 6.92 Å². The van der Waals surface area contributed by atoms with Crippen molar-refractivity contribution in [3.8, 4) is 11.1 Å². The van der Waals surface area contributed by atoms with Gasteiger partial charge in [0.05, 0.1) is 16.9 Å². The number of fused-ring (bicyclic) bond motifs is 1. The summed E-state index contributed by atoms with van der Waals surface area (Å²) in [5, 5.41) is 4.87. The Balaban J connectivity index is 1.79. The van der Waals surface area contributed by atoms with Gasteiger partial charge in [-0.25, -0.2) is 0 Å². The second-order valence-corrected chi connectivity index (χ2v) is 7.85. The lowest BCUT2D eigenvalue weighted by molar-refractivity contribution is 1.10. The summed E-state index contributed by atoms with van der Waals surface area (Å²) >= 11 is 0. The molecule has 1 heterocycles. The van der Waals surface area contributed by atoms with Crippen molar-refractivity contribution in [1.29, 1.82) is 0 Å². The number of aryl methyl sites for hydroxylation is 1. The van der Waals surface area contributed by atoms with E-state index in [1.165, 1.54) is 16.7 Å². The monoisotopic (exact) mass is 400 g/mol. The molecule has 0 amide bonds. The number of pyridine rings is 1. The van der Waals surface area contributed by atoms with Gasteiger partial charge in [-0.15, -0.1) is 0 Å². The van der Waals surface area contributed by atoms with Gasteiger partial charge in [-0.1, -0.05) is 90.5 Å². The molecule has 4 aromatic carbocycles. The predicted octanol–water partition coefficient (Wildman–Crippen LogP) is 7.54. The van der Waals surface area contributed by atoms with Gasteiger partial charge in [0, 0.05) is 23.1 Å². The van der Waals surface area contributed by atoms with Crippen molar-refractivity contribution in [2.45, 2.75) is 13.3 Å². The Bertz CT molecular complexity index is 1310. The molecule has 0 aliphatic heterocycles. The molecule has 0 aliphatic rings. The summed E-state index contributed by atoms with van der Waals surface area (Å²) in [6.45, 7) is 2.13. The molecule has 5 aromatic rings. The van der Waals surface area contributed by atoms with Gasteiger partial charge in [-0.2, -0.15) is 0 Å². The molecule has 0 saturated heterocycles. The van der Waals surface area contributed by atoms with Crippen LogP contribution in [0.5, 0.6) is 0 Å². The molecule has 150 valence electrons. The number of rotatable bonds is 5. The molecular formula is C29H24N2. The Morgan fingerprint density at radius 1 is 0.710 bits per heavy atom. The fourth-order valence-corrected chi connectivity index (χ4v) is 4.06. The van der Waals surface area contributed by atoms with Gasteiger partial charge in [0.15, 0.2) is 0 Å². The number of benzene rings is 4. The molecular weight excluding hydrogens is 376 g/mol. The number of anilines is 2. The van der Waals surface area contributed by atoms with E-state index in [9.17, 15) is 0 Å². The van der Waals surface area contributed by atoms with Gasteiger partial charge in [-0.3, -0.25) is 4.98 Å². The van der Waals surface area contributed by atoms with E-state index in [-0.39, 0.29) is 0 Å². The van der Waals surface area contributed by atoms with Crippen LogP contribution in [0.2, 0.25) is 0 Å². The number of hydrogen-bond donors (Lipinski definition) is 1. The fraction of sp³-hybridized carbons (Fsp3) is 0.0690. The molecule has 0 bridgehead atoms. The van der Waals surface area contributed by atoms with E-state index < -0.39 is 0 Å². The second-order valence-electron chi connectivity index (χ2n) is 7.85. The van der Waals surface area contributed by atoms with Crippen LogP contribution in [0.15, 0.2) is 109 Å². The lowest BCUT2D eigenvalue weighted by Gasteiger charge is -2.20. The van der Waals surface area contributed by atoms with E-state index >= 15 is 0 Å². The second kappa shape index (κ2) is 8.45. The minimum atomic E-state index is 0.776. The zero-order chi connectivity index (χ0) is 21.0. The van der Waals surface area contributed by atoms with Gasteiger partial charge in [0.2, 0.25) is 0 Å². The molecule has 5 rings (SSSR count). The Labute approximate surface area is 183 Å². The predicted molar refractivity (Wildman–Crippen MR) is 131 cm³/mol. The molecule has 0 atom stereocenters. The first-order chi connectivity index (χ1) is 15.3. The summed E-state index contributed by atoms with van der Waals surface area (Å²) in [5.74, 6) is 0. The molecule has 0 spiro atoms. The number of para-hydroxylation sites is 1. The highest BCUT2D eigenvalue weighted by Gasteiger charge is 2.18. The van der Waals surface area contributed by atoms with Crippen LogP contribution in [0.1, 0.15) is 16.8 Å². The Morgan fingerprint density at radius 3 is 2.06 bits per heavy atom. The summed E-state index contributed by atoms with van der Waals surface area (Å²) in [7, 11) is 0. The normalized spacial score (nSPS) is 10.9. The van der Waals surface area contributed by atoms with Crippen LogP contribution in [0.4, 0.5) is 11.4 Å². The summed E-state index contributed by atoms with van der Waals surface area (Å²) < 4.78 is 0. The minimum Gasteiger partial charge on any atom is -0.354 e. The molecule has 1 N–H and O–H groups in total. The molecule has 0 aliphatic carbocycles. The first kappa shape index (κ1) is 19.1. The Kier molecular flexibility index (Phi) is 5.20. The van der Waals surface area contributed by atoms with E-state index in [1.54, 1.807) is 0 Å². The third kappa shape index (κ3) is 4.06. The van der Waals surface area contributed by atoms with Crippen LogP contribution < -0.4 is 5.32 Å². The SMILES string of the molecule is Cc1ccc2nc(Cc3ccccc3)c(-c3ccccc3)c(Nc3ccccc3)c2c1. The van der Waals surface area contributed by atoms with E-state index in [4.69, 9.17) is 4.98 Å². The first-order valence-electron chi connectivity index (χ1n) is 10.6. The van der Waals surface area contributed by atoms with E-state index in [1.807, 2.05) is 6.07 Å². The van der Waals surface area contributed by atoms with Gasteiger partial charge in [0.1, 0.15) is 0 Å². The average Bonchev–Trinajstić information content (AvgIpc) is 2.81. The standard InChI is InChI=1S/C29H24N2/c1-21-17-18-26-25(19-21)29(30-24-15-9-4-10-16-24)28(23-13-7-3-8-14-23)27(31-26)20-22-11-5-2-6-12-22/h2-19H,20H2,1H3,(H,30,31). The molecule has 2 nitrogen and oxygen atoms in total. The first-order valence-corrected chi connectivity index (χ1v) is 10.6. The average molecular weight is 401 g/mol. The van der Waals surface area contributed by atoms with Crippen molar-refractivity contribution < 1.29 is 0 Å². The van der Waals surface area contributed by atoms with Gasteiger partial charge in [-0.05, 0) is 42.3 Å². The topological polar surface area (TPSA) is 24.9 Å². The van der Waals surface area contributed by atoms with Gasteiger partial charge < -0.3 is 5.32 Å². The van der Waals surface area contributed by atoms with Crippen molar-refractivity contribution in [2.75, 3.05) is 5.32 Å². The van der Waals surface area contributed by atoms with Crippen molar-refractivity contribution in [1.82, 2.24) is 4.98 Å². The van der Waals surface area contributed by atoms with Crippen molar-refractivity contribution in [2.24, 2.45) is 0 Å². The molecule has 0 unspecified atom stereocenters. The van der Waals surface area contributed by atoms with Crippen molar-refractivity contribution in [3.05, 3.63) is 126 Å². The number of nitrogens with one attached hydrogen (secondary N) is 1. The molecule has 0 fully saturated rings. The summed E-state index contributed by atoms with van der Waals surface area (Å²) in [6, 6.07) is 38.0. The molecule has 0 radical (unpaired) electrons. The van der Waals surface area contributed by atoms with Gasteiger partial charge in [0.25, 0.3) is 0 Å². The quantitative estimate of drug-likeness (QED) is 0.329. The Hall–Kier alpha value is -3.91. The molecule has 1 aromatic heterocycles. The molecule has 2 heteroatoms. The summed E-state index contributed by atoms with van der Waals surface area (Å²) in [4.78, 5) is 5.15.